The van der Waals surface area contributed by atoms with Gasteiger partial charge in [-0.25, -0.2) is 4.98 Å². The van der Waals surface area contributed by atoms with Crippen LogP contribution in [0.25, 0.3) is 10.9 Å². The van der Waals surface area contributed by atoms with E-state index in [2.05, 4.69) is 5.32 Å². The Morgan fingerprint density at radius 1 is 0.956 bits per heavy atom. The summed E-state index contributed by atoms with van der Waals surface area (Å²) < 4.78 is 23.3. The first-order chi connectivity index (χ1) is 21.9. The lowest BCUT2D eigenvalue weighted by molar-refractivity contribution is 0.0954. The molecule has 0 atom stereocenters. The number of methoxy groups -OCH3 is 2. The molecule has 45 heavy (non-hydrogen) atoms. The molecule has 2 heterocycles. The number of nitrogens with one attached hydrogen (secondary N) is 1. The van der Waals surface area contributed by atoms with Crippen molar-refractivity contribution in [3.05, 3.63) is 116 Å². The molecule has 1 aliphatic rings. The fourth-order valence-corrected chi connectivity index (χ4v) is 6.29. The number of thioether (sulfide) groups is 1. The lowest BCUT2D eigenvalue weighted by atomic mass is 10.1. The largest absolute Gasteiger partial charge is 0.493 e. The Morgan fingerprint density at radius 3 is 2.44 bits per heavy atom. The van der Waals surface area contributed by atoms with Crippen LogP contribution in [0.4, 0.5) is 0 Å². The Balaban J connectivity index is 1.19. The second-order valence-corrected chi connectivity index (χ2v) is 11.6. The van der Waals surface area contributed by atoms with Crippen molar-refractivity contribution < 1.29 is 23.7 Å². The van der Waals surface area contributed by atoms with Crippen LogP contribution in [0.15, 0.2) is 88.8 Å². The zero-order valence-corrected chi connectivity index (χ0v) is 26.2. The molecule has 0 saturated heterocycles. The van der Waals surface area contributed by atoms with Crippen LogP contribution in [-0.4, -0.2) is 43.0 Å². The summed E-state index contributed by atoms with van der Waals surface area (Å²) in [5.41, 5.74) is 3.66. The van der Waals surface area contributed by atoms with Gasteiger partial charge in [-0.3, -0.25) is 14.2 Å². The monoisotopic (exact) mass is 643 g/mol. The first kappa shape index (κ1) is 30.4. The van der Waals surface area contributed by atoms with E-state index in [9.17, 15) is 9.59 Å². The van der Waals surface area contributed by atoms with E-state index in [0.717, 1.165) is 16.7 Å². The molecule has 0 bridgehead atoms. The van der Waals surface area contributed by atoms with E-state index in [0.29, 0.717) is 68.4 Å². The van der Waals surface area contributed by atoms with E-state index in [1.54, 1.807) is 43.1 Å². The Morgan fingerprint density at radius 2 is 1.69 bits per heavy atom. The number of carbonyl (C=O) groups is 1. The molecule has 6 rings (SSSR count). The third-order valence-electron chi connectivity index (χ3n) is 7.43. The predicted molar refractivity (Wildman–Crippen MR) is 174 cm³/mol. The van der Waals surface area contributed by atoms with Crippen molar-refractivity contribution in [3.63, 3.8) is 0 Å². The van der Waals surface area contributed by atoms with E-state index >= 15 is 0 Å². The summed E-state index contributed by atoms with van der Waals surface area (Å²) in [6, 6.07) is 23.9. The molecule has 0 aliphatic carbocycles. The van der Waals surface area contributed by atoms with E-state index < -0.39 is 0 Å². The van der Waals surface area contributed by atoms with Gasteiger partial charge in [0, 0.05) is 29.0 Å². The Labute approximate surface area is 269 Å². The maximum Gasteiger partial charge on any atom is 0.262 e. The standard InChI is InChI=1S/C34H30ClN3O6S/c1-41-28-12-9-21(15-29(28)42-2)13-14-36-32(39)23-10-7-22(8-11-23)18-38-33(40)25-16-30-31(44-20-43-30)17-27(25)37-34(38)45-19-24-5-3-4-6-26(24)35/h3-12,15-17H,13-14,18-20H2,1-2H3,(H,36,39). The second kappa shape index (κ2) is 13.5. The molecule has 5 aromatic rings. The molecule has 0 radical (unpaired) electrons. The molecule has 1 aromatic heterocycles. The number of amides is 1. The van der Waals surface area contributed by atoms with Gasteiger partial charge in [-0.05, 0) is 59.5 Å². The minimum absolute atomic E-state index is 0.101. The molecule has 0 fully saturated rings. The fraction of sp³-hybridized carbons (Fsp3) is 0.206. The quantitative estimate of drug-likeness (QED) is 0.136. The summed E-state index contributed by atoms with van der Waals surface area (Å²) in [4.78, 5) is 31.5. The van der Waals surface area contributed by atoms with Crippen molar-refractivity contribution in [2.24, 2.45) is 0 Å². The van der Waals surface area contributed by atoms with Gasteiger partial charge in [0.2, 0.25) is 6.79 Å². The number of carbonyl (C=O) groups excluding carboxylic acids is 1. The smallest absolute Gasteiger partial charge is 0.262 e. The summed E-state index contributed by atoms with van der Waals surface area (Å²) in [7, 11) is 3.19. The molecule has 0 spiro atoms. The van der Waals surface area contributed by atoms with Crippen LogP contribution in [0.2, 0.25) is 5.02 Å². The number of hydrogen-bond donors (Lipinski definition) is 1. The lowest BCUT2D eigenvalue weighted by Crippen LogP contribution is -2.26. The van der Waals surface area contributed by atoms with Crippen molar-refractivity contribution in [1.82, 2.24) is 14.9 Å². The highest BCUT2D eigenvalue weighted by molar-refractivity contribution is 7.98. The van der Waals surface area contributed by atoms with Crippen LogP contribution in [0, 0.1) is 0 Å². The summed E-state index contributed by atoms with van der Waals surface area (Å²) in [6.45, 7) is 0.824. The maximum absolute atomic E-state index is 13.8. The third kappa shape index (κ3) is 6.72. The SMILES string of the molecule is COc1ccc(CCNC(=O)c2ccc(Cn3c(SCc4ccccc4Cl)nc4cc5c(cc4c3=O)OCO5)cc2)cc1OC. The molecule has 11 heteroatoms. The van der Waals surface area contributed by atoms with Crippen molar-refractivity contribution >= 4 is 40.2 Å². The summed E-state index contributed by atoms with van der Waals surface area (Å²) in [5, 5.41) is 4.60. The summed E-state index contributed by atoms with van der Waals surface area (Å²) >= 11 is 7.83. The van der Waals surface area contributed by atoms with Gasteiger partial charge in [0.05, 0.1) is 31.7 Å². The number of fused-ring (bicyclic) bond motifs is 2. The average Bonchev–Trinajstić information content (AvgIpc) is 3.53. The molecule has 230 valence electrons. The van der Waals surface area contributed by atoms with Gasteiger partial charge in [-0.15, -0.1) is 0 Å². The van der Waals surface area contributed by atoms with Gasteiger partial charge in [0.15, 0.2) is 28.2 Å². The van der Waals surface area contributed by atoms with E-state index in [1.807, 2.05) is 54.6 Å². The number of rotatable bonds is 11. The Kier molecular flexibility index (Phi) is 9.13. The number of nitrogens with zero attached hydrogens (tertiary/aromatic N) is 2. The van der Waals surface area contributed by atoms with Crippen LogP contribution in [0.1, 0.15) is 27.0 Å². The van der Waals surface area contributed by atoms with Crippen molar-refractivity contribution in [2.45, 2.75) is 23.9 Å². The first-order valence-electron chi connectivity index (χ1n) is 14.2. The molecule has 1 N–H and O–H groups in total. The molecule has 9 nitrogen and oxygen atoms in total. The Hall–Kier alpha value is -4.67. The van der Waals surface area contributed by atoms with Crippen molar-refractivity contribution in [1.29, 1.82) is 0 Å². The topological polar surface area (TPSA) is 101 Å². The zero-order chi connectivity index (χ0) is 31.3. The molecular weight excluding hydrogens is 614 g/mol. The van der Waals surface area contributed by atoms with Gasteiger partial charge in [-0.1, -0.05) is 59.8 Å². The van der Waals surface area contributed by atoms with Gasteiger partial charge < -0.3 is 24.3 Å². The number of aromatic nitrogens is 2. The van der Waals surface area contributed by atoms with E-state index in [1.165, 1.54) is 11.8 Å². The zero-order valence-electron chi connectivity index (χ0n) is 24.7. The highest BCUT2D eigenvalue weighted by Crippen LogP contribution is 2.35. The van der Waals surface area contributed by atoms with Gasteiger partial charge in [0.1, 0.15) is 0 Å². The van der Waals surface area contributed by atoms with E-state index in [-0.39, 0.29) is 24.8 Å². The van der Waals surface area contributed by atoms with Crippen LogP contribution < -0.4 is 29.8 Å². The second-order valence-electron chi connectivity index (χ2n) is 10.3. The number of hydrogen-bond acceptors (Lipinski definition) is 8. The molecule has 1 aliphatic heterocycles. The minimum Gasteiger partial charge on any atom is -0.493 e. The number of ether oxygens (including phenoxy) is 4. The predicted octanol–water partition coefficient (Wildman–Crippen LogP) is 6.11. The normalized spacial score (nSPS) is 11.9. The van der Waals surface area contributed by atoms with Gasteiger partial charge in [0.25, 0.3) is 11.5 Å². The van der Waals surface area contributed by atoms with Crippen LogP contribution >= 0.6 is 23.4 Å². The van der Waals surface area contributed by atoms with Crippen molar-refractivity contribution in [2.75, 3.05) is 27.6 Å². The number of benzene rings is 4. The van der Waals surface area contributed by atoms with Gasteiger partial charge in [-0.2, -0.15) is 0 Å². The summed E-state index contributed by atoms with van der Waals surface area (Å²) in [5.74, 6) is 2.74. The highest BCUT2D eigenvalue weighted by Gasteiger charge is 2.20. The van der Waals surface area contributed by atoms with Crippen LogP contribution in [-0.2, 0) is 18.7 Å². The molecule has 0 saturated carbocycles. The molecular formula is C34H30ClN3O6S. The fourth-order valence-electron chi connectivity index (χ4n) is 5.00. The highest BCUT2D eigenvalue weighted by atomic mass is 35.5. The third-order valence-corrected chi connectivity index (χ3v) is 8.83. The molecule has 0 unspecified atom stereocenters. The lowest BCUT2D eigenvalue weighted by Gasteiger charge is -2.14. The van der Waals surface area contributed by atoms with Crippen LogP contribution in [0.5, 0.6) is 23.0 Å². The number of halogens is 1. The first-order valence-corrected chi connectivity index (χ1v) is 15.6. The summed E-state index contributed by atoms with van der Waals surface area (Å²) in [6.07, 6.45) is 0.636. The van der Waals surface area contributed by atoms with Crippen molar-refractivity contribution in [3.8, 4) is 23.0 Å². The molecule has 1 amide bonds. The Bertz CT molecular complexity index is 1930. The van der Waals surface area contributed by atoms with Gasteiger partial charge >= 0.3 is 0 Å². The average molecular weight is 644 g/mol. The van der Waals surface area contributed by atoms with E-state index in [4.69, 9.17) is 35.5 Å². The van der Waals surface area contributed by atoms with Crippen LogP contribution in [0.3, 0.4) is 0 Å². The minimum atomic E-state index is -0.197. The molecule has 4 aromatic carbocycles. The maximum atomic E-state index is 13.8.